The highest BCUT2D eigenvalue weighted by Crippen LogP contribution is 2.34. The lowest BCUT2D eigenvalue weighted by Crippen LogP contribution is -2.26. The van der Waals surface area contributed by atoms with E-state index in [1.807, 2.05) is 6.92 Å². The minimum absolute atomic E-state index is 0.846. The molecule has 5 heteroatoms. The van der Waals surface area contributed by atoms with Gasteiger partial charge in [-0.05, 0) is 25.8 Å². The van der Waals surface area contributed by atoms with Crippen molar-refractivity contribution < 1.29 is 0 Å². The number of rotatable bonds is 1. The minimum Gasteiger partial charge on any atom is -0.346 e. The number of aryl methyl sites for hydroxylation is 1. The number of hydrogen-bond acceptors (Lipinski definition) is 5. The number of fused-ring (bicyclic) bond motifs is 1. The summed E-state index contributed by atoms with van der Waals surface area (Å²) in [5, 5.41) is 10.5. The first-order valence-corrected chi connectivity index (χ1v) is 6.27. The molecule has 0 aromatic carbocycles. The number of anilines is 1. The van der Waals surface area contributed by atoms with Crippen LogP contribution in [0.3, 0.4) is 0 Å². The molecule has 0 saturated carbocycles. The van der Waals surface area contributed by atoms with Gasteiger partial charge in [-0.25, -0.2) is 0 Å². The molecule has 2 aliphatic rings. The summed E-state index contributed by atoms with van der Waals surface area (Å²) < 4.78 is 0. The molecule has 3 rings (SSSR count). The van der Waals surface area contributed by atoms with Gasteiger partial charge in [0, 0.05) is 26.2 Å². The van der Waals surface area contributed by atoms with E-state index in [4.69, 9.17) is 0 Å². The predicted molar refractivity (Wildman–Crippen MR) is 61.3 cm³/mol. The Morgan fingerprint density at radius 3 is 2.33 bits per heavy atom. The molecule has 1 aromatic rings. The van der Waals surface area contributed by atoms with E-state index in [0.717, 1.165) is 22.0 Å². The molecule has 0 spiro atoms. The lowest BCUT2D eigenvalue weighted by Gasteiger charge is -2.17. The van der Waals surface area contributed by atoms with Crippen molar-refractivity contribution in [1.82, 2.24) is 15.1 Å². The number of nitrogens with zero attached hydrogens (tertiary/aromatic N) is 4. The summed E-state index contributed by atoms with van der Waals surface area (Å²) in [5.41, 5.74) is 0. The second-order valence-electron chi connectivity index (χ2n) is 4.75. The maximum atomic E-state index is 4.22. The number of hydrogen-bond donors (Lipinski definition) is 0. The van der Waals surface area contributed by atoms with Gasteiger partial charge in [-0.3, -0.25) is 0 Å². The lowest BCUT2D eigenvalue weighted by molar-refractivity contribution is 0.387. The van der Waals surface area contributed by atoms with E-state index in [2.05, 4.69) is 27.0 Å². The molecule has 2 saturated heterocycles. The molecule has 0 aliphatic carbocycles. The van der Waals surface area contributed by atoms with Gasteiger partial charge in [0.25, 0.3) is 0 Å². The van der Waals surface area contributed by atoms with Gasteiger partial charge in [0.1, 0.15) is 5.01 Å². The van der Waals surface area contributed by atoms with Crippen molar-refractivity contribution in [3.8, 4) is 0 Å². The zero-order chi connectivity index (χ0) is 10.4. The van der Waals surface area contributed by atoms with Crippen molar-refractivity contribution in [2.24, 2.45) is 11.8 Å². The average molecular weight is 224 g/mol. The third-order valence-electron chi connectivity index (χ3n) is 3.45. The second-order valence-corrected chi connectivity index (χ2v) is 5.91. The van der Waals surface area contributed by atoms with E-state index in [-0.39, 0.29) is 0 Å². The van der Waals surface area contributed by atoms with E-state index in [1.165, 1.54) is 26.2 Å². The van der Waals surface area contributed by atoms with E-state index in [0.29, 0.717) is 0 Å². The highest BCUT2D eigenvalue weighted by atomic mass is 32.1. The zero-order valence-electron chi connectivity index (χ0n) is 9.18. The van der Waals surface area contributed by atoms with Crippen LogP contribution in [0, 0.1) is 18.8 Å². The number of likely N-dealkylation sites (tertiary alicyclic amines) is 1. The number of aromatic nitrogens is 2. The van der Waals surface area contributed by atoms with E-state index < -0.39 is 0 Å². The van der Waals surface area contributed by atoms with Gasteiger partial charge >= 0.3 is 0 Å². The molecule has 82 valence electrons. The first kappa shape index (κ1) is 9.54. The van der Waals surface area contributed by atoms with Gasteiger partial charge in [-0.15, -0.1) is 10.2 Å². The molecule has 3 heterocycles. The SMILES string of the molecule is Cc1nnc(N2CC3CN(C)CC3C2)s1. The van der Waals surface area contributed by atoms with Crippen molar-refractivity contribution in [2.75, 3.05) is 38.1 Å². The molecule has 4 nitrogen and oxygen atoms in total. The van der Waals surface area contributed by atoms with Crippen molar-refractivity contribution in [2.45, 2.75) is 6.92 Å². The van der Waals surface area contributed by atoms with Crippen LogP contribution in [0.25, 0.3) is 0 Å². The Kier molecular flexibility index (Phi) is 2.17. The van der Waals surface area contributed by atoms with Crippen molar-refractivity contribution in [3.63, 3.8) is 0 Å². The van der Waals surface area contributed by atoms with Crippen LogP contribution in [0.5, 0.6) is 0 Å². The van der Waals surface area contributed by atoms with Crippen LogP contribution in [0.4, 0.5) is 5.13 Å². The molecule has 2 atom stereocenters. The monoisotopic (exact) mass is 224 g/mol. The Balaban J connectivity index is 1.73. The summed E-state index contributed by atoms with van der Waals surface area (Å²) in [7, 11) is 2.22. The van der Waals surface area contributed by atoms with Crippen molar-refractivity contribution in [3.05, 3.63) is 5.01 Å². The van der Waals surface area contributed by atoms with Gasteiger partial charge in [-0.2, -0.15) is 0 Å². The average Bonchev–Trinajstić information content (AvgIpc) is 2.78. The summed E-state index contributed by atoms with van der Waals surface area (Å²) in [6, 6.07) is 0. The Labute approximate surface area is 93.9 Å². The fourth-order valence-electron chi connectivity index (χ4n) is 2.80. The van der Waals surface area contributed by atoms with Crippen LogP contribution in [0.2, 0.25) is 0 Å². The quantitative estimate of drug-likeness (QED) is 0.708. The molecule has 2 fully saturated rings. The highest BCUT2D eigenvalue weighted by molar-refractivity contribution is 7.15. The largest absolute Gasteiger partial charge is 0.346 e. The molecule has 0 N–H and O–H groups in total. The predicted octanol–water partition coefficient (Wildman–Crippen LogP) is 0.844. The molecule has 2 unspecified atom stereocenters. The van der Waals surface area contributed by atoms with Crippen LogP contribution < -0.4 is 4.90 Å². The van der Waals surface area contributed by atoms with E-state index in [1.54, 1.807) is 11.3 Å². The van der Waals surface area contributed by atoms with Crippen LogP contribution in [0.15, 0.2) is 0 Å². The van der Waals surface area contributed by atoms with Gasteiger partial charge in [0.05, 0.1) is 0 Å². The maximum Gasteiger partial charge on any atom is 0.208 e. The summed E-state index contributed by atoms with van der Waals surface area (Å²) in [6.45, 7) is 6.86. The third-order valence-corrected chi connectivity index (χ3v) is 4.35. The molecule has 0 bridgehead atoms. The first-order valence-electron chi connectivity index (χ1n) is 5.46. The highest BCUT2D eigenvalue weighted by Gasteiger charge is 2.39. The summed E-state index contributed by atoms with van der Waals surface area (Å²) >= 11 is 1.71. The minimum atomic E-state index is 0.846. The smallest absolute Gasteiger partial charge is 0.208 e. The Hall–Kier alpha value is -0.680. The van der Waals surface area contributed by atoms with Crippen LogP contribution in [-0.4, -0.2) is 48.3 Å². The standard InChI is InChI=1S/C10H16N4S/c1-7-11-12-10(15-7)14-5-8-3-13(2)4-9(8)6-14/h8-9H,3-6H2,1-2H3. The van der Waals surface area contributed by atoms with E-state index >= 15 is 0 Å². The van der Waals surface area contributed by atoms with Gasteiger partial charge in [-0.1, -0.05) is 11.3 Å². The van der Waals surface area contributed by atoms with Crippen LogP contribution in [-0.2, 0) is 0 Å². The Morgan fingerprint density at radius 1 is 1.13 bits per heavy atom. The topological polar surface area (TPSA) is 32.3 Å². The third kappa shape index (κ3) is 1.63. The molecule has 0 amide bonds. The summed E-state index contributed by atoms with van der Waals surface area (Å²) in [5.74, 6) is 1.69. The Morgan fingerprint density at radius 2 is 1.80 bits per heavy atom. The fourth-order valence-corrected chi connectivity index (χ4v) is 3.50. The van der Waals surface area contributed by atoms with Gasteiger partial charge in [0.2, 0.25) is 5.13 Å². The molecule has 0 radical (unpaired) electrons. The van der Waals surface area contributed by atoms with Crippen LogP contribution in [0.1, 0.15) is 5.01 Å². The molecule has 1 aromatic heterocycles. The zero-order valence-corrected chi connectivity index (χ0v) is 10.00. The maximum absolute atomic E-state index is 4.22. The van der Waals surface area contributed by atoms with Gasteiger partial charge < -0.3 is 9.80 Å². The molecular formula is C10H16N4S. The van der Waals surface area contributed by atoms with Gasteiger partial charge in [0.15, 0.2) is 0 Å². The summed E-state index contributed by atoms with van der Waals surface area (Å²) in [6.07, 6.45) is 0. The fraction of sp³-hybridized carbons (Fsp3) is 0.800. The Bertz CT molecular complexity index is 350. The van der Waals surface area contributed by atoms with E-state index in [9.17, 15) is 0 Å². The first-order chi connectivity index (χ1) is 7.22. The second kappa shape index (κ2) is 3.42. The molecular weight excluding hydrogens is 208 g/mol. The van der Waals surface area contributed by atoms with Crippen molar-refractivity contribution in [1.29, 1.82) is 0 Å². The molecule has 2 aliphatic heterocycles. The van der Waals surface area contributed by atoms with Crippen molar-refractivity contribution >= 4 is 16.5 Å². The molecule has 15 heavy (non-hydrogen) atoms. The normalized spacial score (nSPS) is 31.2. The summed E-state index contributed by atoms with van der Waals surface area (Å²) in [4.78, 5) is 4.85. The van der Waals surface area contributed by atoms with Crippen LogP contribution >= 0.6 is 11.3 Å². The lowest BCUT2D eigenvalue weighted by atomic mass is 10.0.